The van der Waals surface area contributed by atoms with Gasteiger partial charge in [-0.1, -0.05) is 0 Å². The molecule has 1 aliphatic rings. The first-order chi connectivity index (χ1) is 11.6. The maximum absolute atomic E-state index is 12.4. The van der Waals surface area contributed by atoms with E-state index in [1.807, 2.05) is 6.92 Å². The predicted octanol–water partition coefficient (Wildman–Crippen LogP) is 1.66. The molecule has 0 saturated carbocycles. The van der Waals surface area contributed by atoms with E-state index in [-0.39, 0.29) is 11.8 Å². The summed E-state index contributed by atoms with van der Waals surface area (Å²) in [7, 11) is 0. The molecule has 1 saturated heterocycles. The van der Waals surface area contributed by atoms with E-state index in [4.69, 9.17) is 4.42 Å². The molecule has 1 fully saturated rings. The lowest BCUT2D eigenvalue weighted by Gasteiger charge is -2.31. The number of hydrogen-bond donors (Lipinski definition) is 1. The zero-order valence-electron chi connectivity index (χ0n) is 13.6. The third-order valence-electron chi connectivity index (χ3n) is 4.24. The molecule has 24 heavy (non-hydrogen) atoms. The molecular formula is C17H20N4O3. The molecule has 1 aliphatic heterocycles. The lowest BCUT2D eigenvalue weighted by Crippen LogP contribution is -2.41. The zero-order valence-corrected chi connectivity index (χ0v) is 13.6. The van der Waals surface area contributed by atoms with Gasteiger partial charge in [-0.05, 0) is 31.7 Å². The van der Waals surface area contributed by atoms with Crippen molar-refractivity contribution in [2.75, 3.05) is 19.6 Å². The van der Waals surface area contributed by atoms with Crippen LogP contribution >= 0.6 is 0 Å². The number of furan rings is 1. The van der Waals surface area contributed by atoms with Crippen LogP contribution < -0.4 is 5.32 Å². The highest BCUT2D eigenvalue weighted by Gasteiger charge is 2.24. The molecule has 126 valence electrons. The van der Waals surface area contributed by atoms with Gasteiger partial charge in [0.05, 0.1) is 23.7 Å². The number of nitrogens with one attached hydrogen (secondary N) is 1. The number of carbonyl (C=O) groups is 2. The average Bonchev–Trinajstić information content (AvgIpc) is 3.15. The van der Waals surface area contributed by atoms with Gasteiger partial charge < -0.3 is 14.6 Å². The molecule has 7 nitrogen and oxygen atoms in total. The van der Waals surface area contributed by atoms with E-state index in [2.05, 4.69) is 15.3 Å². The second kappa shape index (κ2) is 7.25. The number of piperidine rings is 1. The van der Waals surface area contributed by atoms with Crippen molar-refractivity contribution >= 4 is 11.8 Å². The standard InChI is InChI=1S/C17H20N4O3/c1-12-8-19-15(10-18-12)17(23)21-5-2-13(3-6-21)9-20-16(22)14-4-7-24-11-14/h4,7-8,10-11,13H,2-3,5-6,9H2,1H3,(H,20,22). The Hall–Kier alpha value is -2.70. The van der Waals surface area contributed by atoms with Crippen molar-refractivity contribution in [3.63, 3.8) is 0 Å². The first-order valence-electron chi connectivity index (χ1n) is 8.02. The van der Waals surface area contributed by atoms with Gasteiger partial charge in [0.15, 0.2) is 0 Å². The molecule has 3 heterocycles. The number of hydrogen-bond acceptors (Lipinski definition) is 5. The number of rotatable bonds is 4. The highest BCUT2D eigenvalue weighted by Crippen LogP contribution is 2.18. The van der Waals surface area contributed by atoms with Crippen molar-refractivity contribution in [2.45, 2.75) is 19.8 Å². The van der Waals surface area contributed by atoms with Crippen LogP contribution in [0.5, 0.6) is 0 Å². The maximum Gasteiger partial charge on any atom is 0.274 e. The Morgan fingerprint density at radius 1 is 1.29 bits per heavy atom. The van der Waals surface area contributed by atoms with Gasteiger partial charge in [-0.3, -0.25) is 14.6 Å². The first kappa shape index (κ1) is 16.2. The van der Waals surface area contributed by atoms with Crippen LogP contribution in [0.15, 0.2) is 35.4 Å². The number of aryl methyl sites for hydroxylation is 1. The second-order valence-corrected chi connectivity index (χ2v) is 6.00. The summed E-state index contributed by atoms with van der Waals surface area (Å²) in [6.07, 6.45) is 7.75. The smallest absolute Gasteiger partial charge is 0.274 e. The van der Waals surface area contributed by atoms with E-state index in [1.165, 1.54) is 18.7 Å². The summed E-state index contributed by atoms with van der Waals surface area (Å²) >= 11 is 0. The molecule has 2 aromatic heterocycles. The average molecular weight is 328 g/mol. The number of carbonyl (C=O) groups excluding carboxylic acids is 2. The van der Waals surface area contributed by atoms with E-state index < -0.39 is 0 Å². The van der Waals surface area contributed by atoms with Gasteiger partial charge in [0.1, 0.15) is 12.0 Å². The molecule has 3 rings (SSSR count). The van der Waals surface area contributed by atoms with E-state index >= 15 is 0 Å². The van der Waals surface area contributed by atoms with Crippen molar-refractivity contribution in [1.29, 1.82) is 0 Å². The third-order valence-corrected chi connectivity index (χ3v) is 4.24. The summed E-state index contributed by atoms with van der Waals surface area (Å²) in [5.74, 6) is 0.162. The van der Waals surface area contributed by atoms with Gasteiger partial charge in [0.25, 0.3) is 11.8 Å². The van der Waals surface area contributed by atoms with Crippen molar-refractivity contribution in [3.8, 4) is 0 Å². The Bertz CT molecular complexity index is 689. The SMILES string of the molecule is Cc1cnc(C(=O)N2CCC(CNC(=O)c3ccoc3)CC2)cn1. The predicted molar refractivity (Wildman–Crippen MR) is 86.4 cm³/mol. The Kier molecular flexibility index (Phi) is 4.88. The summed E-state index contributed by atoms with van der Waals surface area (Å²) < 4.78 is 4.90. The molecule has 0 radical (unpaired) electrons. The van der Waals surface area contributed by atoms with Gasteiger partial charge >= 0.3 is 0 Å². The van der Waals surface area contributed by atoms with Gasteiger partial charge in [-0.25, -0.2) is 4.98 Å². The molecule has 0 unspecified atom stereocenters. The normalized spacial score (nSPS) is 15.3. The largest absolute Gasteiger partial charge is 0.472 e. The molecule has 7 heteroatoms. The fourth-order valence-electron chi connectivity index (χ4n) is 2.74. The molecule has 1 N–H and O–H groups in total. The summed E-state index contributed by atoms with van der Waals surface area (Å²) in [6.45, 7) is 3.78. The summed E-state index contributed by atoms with van der Waals surface area (Å²) in [4.78, 5) is 34.3. The first-order valence-corrected chi connectivity index (χ1v) is 8.02. The lowest BCUT2D eigenvalue weighted by molar-refractivity contribution is 0.0678. The fourth-order valence-corrected chi connectivity index (χ4v) is 2.74. The Morgan fingerprint density at radius 3 is 2.71 bits per heavy atom. The summed E-state index contributed by atoms with van der Waals surface area (Å²) in [6, 6.07) is 1.64. The molecule has 0 atom stereocenters. The van der Waals surface area contributed by atoms with Gasteiger partial charge in [-0.15, -0.1) is 0 Å². The van der Waals surface area contributed by atoms with Crippen LogP contribution in [0, 0.1) is 12.8 Å². The minimum Gasteiger partial charge on any atom is -0.472 e. The molecule has 0 aliphatic carbocycles. The van der Waals surface area contributed by atoms with Crippen LogP contribution in [0.25, 0.3) is 0 Å². The number of nitrogens with zero attached hydrogens (tertiary/aromatic N) is 3. The third kappa shape index (κ3) is 3.79. The van der Waals surface area contributed by atoms with Gasteiger partial charge in [-0.2, -0.15) is 0 Å². The highest BCUT2D eigenvalue weighted by molar-refractivity contribution is 5.93. The fraction of sp³-hybridized carbons (Fsp3) is 0.412. The molecule has 0 spiro atoms. The Morgan fingerprint density at radius 2 is 2.08 bits per heavy atom. The highest BCUT2D eigenvalue weighted by atomic mass is 16.3. The van der Waals surface area contributed by atoms with E-state index in [1.54, 1.807) is 17.2 Å². The van der Waals surface area contributed by atoms with E-state index in [9.17, 15) is 9.59 Å². The van der Waals surface area contributed by atoms with Crippen molar-refractivity contribution in [3.05, 3.63) is 47.9 Å². The molecule has 0 aromatic carbocycles. The second-order valence-electron chi connectivity index (χ2n) is 6.00. The van der Waals surface area contributed by atoms with Crippen LogP contribution in [0.3, 0.4) is 0 Å². The summed E-state index contributed by atoms with van der Waals surface area (Å²) in [5.41, 5.74) is 1.70. The van der Waals surface area contributed by atoms with Crippen LogP contribution in [0.2, 0.25) is 0 Å². The minimum absolute atomic E-state index is 0.0802. The number of likely N-dealkylation sites (tertiary alicyclic amines) is 1. The van der Waals surface area contributed by atoms with Gasteiger partial charge in [0.2, 0.25) is 0 Å². The topological polar surface area (TPSA) is 88.3 Å². The minimum atomic E-state index is -0.128. The molecular weight excluding hydrogens is 308 g/mol. The Labute approximate surface area is 140 Å². The number of aromatic nitrogens is 2. The zero-order chi connectivity index (χ0) is 16.9. The van der Waals surface area contributed by atoms with Crippen molar-refractivity contribution < 1.29 is 14.0 Å². The van der Waals surface area contributed by atoms with Crippen LogP contribution in [0.4, 0.5) is 0 Å². The van der Waals surface area contributed by atoms with E-state index in [0.717, 1.165) is 18.5 Å². The van der Waals surface area contributed by atoms with E-state index in [0.29, 0.717) is 36.8 Å². The molecule has 0 bridgehead atoms. The maximum atomic E-state index is 12.4. The van der Waals surface area contributed by atoms with Crippen molar-refractivity contribution in [2.24, 2.45) is 5.92 Å². The monoisotopic (exact) mass is 328 g/mol. The van der Waals surface area contributed by atoms with Crippen LogP contribution in [0.1, 0.15) is 39.4 Å². The molecule has 2 aromatic rings. The van der Waals surface area contributed by atoms with Crippen LogP contribution in [-0.4, -0.2) is 46.3 Å². The van der Waals surface area contributed by atoms with Crippen molar-refractivity contribution in [1.82, 2.24) is 20.2 Å². The number of amides is 2. The van der Waals surface area contributed by atoms with Crippen LogP contribution in [-0.2, 0) is 0 Å². The summed E-state index contributed by atoms with van der Waals surface area (Å²) in [5, 5.41) is 2.91. The lowest BCUT2D eigenvalue weighted by atomic mass is 9.96. The quantitative estimate of drug-likeness (QED) is 0.922. The van der Waals surface area contributed by atoms with Gasteiger partial charge in [0, 0.05) is 25.8 Å². The Balaban J connectivity index is 1.46. The molecule has 2 amide bonds.